The van der Waals surface area contributed by atoms with E-state index in [2.05, 4.69) is 33.9 Å². The molecule has 3 rings (SSSR count). The summed E-state index contributed by atoms with van der Waals surface area (Å²) >= 11 is 9.18. The number of nitrogens with one attached hydrogen (secondary N) is 1. The Balaban J connectivity index is 1.75. The summed E-state index contributed by atoms with van der Waals surface area (Å²) in [5.41, 5.74) is 6.15. The molecule has 0 unspecified atom stereocenters. The van der Waals surface area contributed by atoms with Gasteiger partial charge in [0.1, 0.15) is 0 Å². The van der Waals surface area contributed by atoms with Gasteiger partial charge < -0.3 is 0 Å². The normalized spacial score (nSPS) is 11.7. The van der Waals surface area contributed by atoms with Crippen LogP contribution in [0.4, 0.5) is 5.13 Å². The predicted molar refractivity (Wildman–Crippen MR) is 102 cm³/mol. The number of aromatic nitrogens is 1. The van der Waals surface area contributed by atoms with E-state index in [0.717, 1.165) is 40.0 Å². The molecule has 0 aliphatic heterocycles. The first-order valence-corrected chi connectivity index (χ1v) is 9.48. The number of hydrazone groups is 1. The Labute approximate surface area is 148 Å². The number of hydrogen-bond acceptors (Lipinski definition) is 5. The minimum Gasteiger partial charge on any atom is -0.252 e. The van der Waals surface area contributed by atoms with Gasteiger partial charge in [-0.15, -0.1) is 22.7 Å². The number of rotatable bonds is 6. The fourth-order valence-electron chi connectivity index (χ4n) is 2.11. The third kappa shape index (κ3) is 4.19. The highest BCUT2D eigenvalue weighted by molar-refractivity contribution is 7.14. The van der Waals surface area contributed by atoms with Crippen molar-refractivity contribution in [3.05, 3.63) is 57.1 Å². The van der Waals surface area contributed by atoms with Crippen molar-refractivity contribution in [1.82, 2.24) is 4.98 Å². The van der Waals surface area contributed by atoms with Crippen molar-refractivity contribution in [2.45, 2.75) is 19.8 Å². The van der Waals surface area contributed by atoms with E-state index in [1.54, 1.807) is 22.7 Å². The second kappa shape index (κ2) is 7.73. The lowest BCUT2D eigenvalue weighted by molar-refractivity contribution is 0.989. The van der Waals surface area contributed by atoms with Crippen LogP contribution in [0.2, 0.25) is 5.02 Å². The summed E-state index contributed by atoms with van der Waals surface area (Å²) in [5.74, 6) is 0. The molecule has 0 bridgehead atoms. The van der Waals surface area contributed by atoms with Gasteiger partial charge in [-0.3, -0.25) is 5.43 Å². The minimum absolute atomic E-state index is 0.729. The highest BCUT2D eigenvalue weighted by atomic mass is 35.5. The van der Waals surface area contributed by atoms with E-state index in [1.807, 2.05) is 35.7 Å². The standard InChI is InChI=1S/C17H16ClN3S2/c1-2-4-14(16-5-3-10-22-16)20-21-17-19-15(11-23-17)12-6-8-13(18)9-7-12/h3,5-11H,2,4H2,1H3,(H,19,21)/b20-14+. The largest absolute Gasteiger partial charge is 0.252 e. The third-order valence-electron chi connectivity index (χ3n) is 3.22. The Kier molecular flexibility index (Phi) is 5.43. The molecule has 0 fully saturated rings. The number of anilines is 1. The Morgan fingerprint density at radius 2 is 2.04 bits per heavy atom. The summed E-state index contributed by atoms with van der Waals surface area (Å²) in [6, 6.07) is 11.8. The van der Waals surface area contributed by atoms with Crippen LogP contribution in [0.25, 0.3) is 11.3 Å². The minimum atomic E-state index is 0.729. The molecule has 0 aliphatic rings. The van der Waals surface area contributed by atoms with Gasteiger partial charge in [0, 0.05) is 16.0 Å². The monoisotopic (exact) mass is 361 g/mol. The van der Waals surface area contributed by atoms with Crippen LogP contribution < -0.4 is 5.43 Å². The van der Waals surface area contributed by atoms with Crippen molar-refractivity contribution < 1.29 is 0 Å². The number of halogens is 1. The molecule has 2 heterocycles. The topological polar surface area (TPSA) is 37.3 Å². The summed E-state index contributed by atoms with van der Waals surface area (Å²) in [5, 5.41) is 10.2. The molecule has 0 saturated heterocycles. The van der Waals surface area contributed by atoms with Gasteiger partial charge in [-0.05, 0) is 30.0 Å². The average molecular weight is 362 g/mol. The Hall–Kier alpha value is -1.69. The zero-order chi connectivity index (χ0) is 16.1. The van der Waals surface area contributed by atoms with Gasteiger partial charge in [0.15, 0.2) is 0 Å². The Morgan fingerprint density at radius 3 is 2.74 bits per heavy atom. The second-order valence-corrected chi connectivity index (χ2v) is 7.18. The molecule has 0 amide bonds. The van der Waals surface area contributed by atoms with Crippen LogP contribution in [-0.4, -0.2) is 10.7 Å². The van der Waals surface area contributed by atoms with E-state index in [-0.39, 0.29) is 0 Å². The van der Waals surface area contributed by atoms with E-state index in [4.69, 9.17) is 11.6 Å². The zero-order valence-corrected chi connectivity index (χ0v) is 15.0. The Morgan fingerprint density at radius 1 is 1.22 bits per heavy atom. The van der Waals surface area contributed by atoms with Gasteiger partial charge in [0.25, 0.3) is 0 Å². The molecule has 0 radical (unpaired) electrons. The van der Waals surface area contributed by atoms with Gasteiger partial charge in [-0.2, -0.15) is 5.10 Å². The van der Waals surface area contributed by atoms with Crippen molar-refractivity contribution in [2.24, 2.45) is 5.10 Å². The predicted octanol–water partition coefficient (Wildman–Crippen LogP) is 6.14. The molecule has 1 aromatic carbocycles. The maximum atomic E-state index is 5.92. The van der Waals surface area contributed by atoms with Crippen LogP contribution in [0.5, 0.6) is 0 Å². The molecule has 0 spiro atoms. The fourth-order valence-corrected chi connectivity index (χ4v) is 3.64. The molecule has 2 aromatic heterocycles. The van der Waals surface area contributed by atoms with E-state index in [1.165, 1.54) is 4.88 Å². The average Bonchev–Trinajstić information content (AvgIpc) is 3.24. The van der Waals surface area contributed by atoms with Gasteiger partial charge in [-0.1, -0.05) is 43.1 Å². The van der Waals surface area contributed by atoms with Crippen LogP contribution in [0.1, 0.15) is 24.6 Å². The smallest absolute Gasteiger partial charge is 0.203 e. The van der Waals surface area contributed by atoms with Crippen LogP contribution in [0.15, 0.2) is 52.3 Å². The first-order valence-electron chi connectivity index (χ1n) is 7.34. The summed E-state index contributed by atoms with van der Waals surface area (Å²) < 4.78 is 0. The molecule has 6 heteroatoms. The number of nitrogens with zero attached hydrogens (tertiary/aromatic N) is 2. The van der Waals surface area contributed by atoms with Gasteiger partial charge in [-0.25, -0.2) is 4.98 Å². The van der Waals surface area contributed by atoms with Gasteiger partial charge in [0.05, 0.1) is 16.3 Å². The van der Waals surface area contributed by atoms with Crippen molar-refractivity contribution >= 4 is 45.1 Å². The summed E-state index contributed by atoms with van der Waals surface area (Å²) in [4.78, 5) is 5.79. The maximum Gasteiger partial charge on any atom is 0.203 e. The number of thiazole rings is 1. The number of thiophene rings is 1. The highest BCUT2D eigenvalue weighted by Gasteiger charge is 2.06. The molecule has 23 heavy (non-hydrogen) atoms. The van der Waals surface area contributed by atoms with Crippen molar-refractivity contribution in [2.75, 3.05) is 5.43 Å². The zero-order valence-electron chi connectivity index (χ0n) is 12.6. The molecule has 1 N–H and O–H groups in total. The fraction of sp³-hybridized carbons (Fsp3) is 0.176. The van der Waals surface area contributed by atoms with E-state index < -0.39 is 0 Å². The SMILES string of the molecule is CCC/C(=N\Nc1nc(-c2ccc(Cl)cc2)cs1)c1cccs1. The molecule has 0 saturated carbocycles. The molecule has 118 valence electrons. The van der Waals surface area contributed by atoms with Crippen molar-refractivity contribution in [3.8, 4) is 11.3 Å². The van der Waals surface area contributed by atoms with Crippen LogP contribution in [0, 0.1) is 0 Å². The number of benzene rings is 1. The second-order valence-electron chi connectivity index (χ2n) is 4.94. The molecule has 3 nitrogen and oxygen atoms in total. The molecular weight excluding hydrogens is 346 g/mol. The van der Waals surface area contributed by atoms with Gasteiger partial charge >= 0.3 is 0 Å². The van der Waals surface area contributed by atoms with Crippen molar-refractivity contribution in [1.29, 1.82) is 0 Å². The first kappa shape index (κ1) is 16.2. The Bertz CT molecular complexity index is 777. The lowest BCUT2D eigenvalue weighted by Gasteiger charge is -2.02. The van der Waals surface area contributed by atoms with E-state index >= 15 is 0 Å². The van der Waals surface area contributed by atoms with E-state index in [0.29, 0.717) is 0 Å². The van der Waals surface area contributed by atoms with Crippen LogP contribution in [-0.2, 0) is 0 Å². The van der Waals surface area contributed by atoms with Crippen LogP contribution in [0.3, 0.4) is 0 Å². The molecule has 0 aliphatic carbocycles. The maximum absolute atomic E-state index is 5.92. The molecule has 0 atom stereocenters. The lowest BCUT2D eigenvalue weighted by atomic mass is 10.2. The van der Waals surface area contributed by atoms with Gasteiger partial charge in [0.2, 0.25) is 5.13 Å². The molecule has 3 aromatic rings. The lowest BCUT2D eigenvalue weighted by Crippen LogP contribution is -2.02. The highest BCUT2D eigenvalue weighted by Crippen LogP contribution is 2.26. The first-order chi connectivity index (χ1) is 11.3. The molecular formula is C17H16ClN3S2. The number of hydrogen-bond donors (Lipinski definition) is 1. The van der Waals surface area contributed by atoms with Crippen molar-refractivity contribution in [3.63, 3.8) is 0 Å². The summed E-state index contributed by atoms with van der Waals surface area (Å²) in [6.45, 7) is 2.16. The quantitative estimate of drug-likeness (QED) is 0.422. The van der Waals surface area contributed by atoms with E-state index in [9.17, 15) is 0 Å². The summed E-state index contributed by atoms with van der Waals surface area (Å²) in [6.07, 6.45) is 2.01. The summed E-state index contributed by atoms with van der Waals surface area (Å²) in [7, 11) is 0. The van der Waals surface area contributed by atoms with Crippen LogP contribution >= 0.6 is 34.3 Å². The third-order valence-corrected chi connectivity index (χ3v) is 5.14.